The maximum absolute atomic E-state index is 3.56. The van der Waals surface area contributed by atoms with Gasteiger partial charge in [-0.15, -0.1) is 11.3 Å². The number of hydrogen-bond acceptors (Lipinski definition) is 3. The van der Waals surface area contributed by atoms with Crippen LogP contribution in [0.15, 0.2) is 34.1 Å². The van der Waals surface area contributed by atoms with Crippen molar-refractivity contribution in [1.29, 1.82) is 0 Å². The Morgan fingerprint density at radius 1 is 1.26 bits per heavy atom. The van der Waals surface area contributed by atoms with Gasteiger partial charge in [-0.3, -0.25) is 0 Å². The van der Waals surface area contributed by atoms with E-state index in [-0.39, 0.29) is 0 Å². The molecule has 0 bridgehead atoms. The van der Waals surface area contributed by atoms with Gasteiger partial charge in [-0.25, -0.2) is 0 Å². The molecule has 0 unspecified atom stereocenters. The minimum absolute atomic E-state index is 0.924. The maximum atomic E-state index is 3.56. The number of nitrogens with one attached hydrogen (secondary N) is 2. The van der Waals surface area contributed by atoms with Gasteiger partial charge in [0.25, 0.3) is 0 Å². The van der Waals surface area contributed by atoms with Crippen LogP contribution in [-0.4, -0.2) is 6.54 Å². The van der Waals surface area contributed by atoms with Gasteiger partial charge < -0.3 is 10.6 Å². The first kappa shape index (κ1) is 13.2. The van der Waals surface area contributed by atoms with Crippen molar-refractivity contribution in [2.45, 2.75) is 25.9 Å². The highest BCUT2D eigenvalue weighted by Gasteiger charge is 2.08. The third-order valence-corrected chi connectivity index (χ3v) is 5.34. The van der Waals surface area contributed by atoms with E-state index in [1.54, 1.807) is 11.3 Å². The summed E-state index contributed by atoms with van der Waals surface area (Å²) in [6.07, 6.45) is 2.44. The lowest BCUT2D eigenvalue weighted by Crippen LogP contribution is -2.14. The van der Waals surface area contributed by atoms with Crippen LogP contribution in [0, 0.1) is 0 Å². The summed E-state index contributed by atoms with van der Waals surface area (Å²) in [5.41, 5.74) is 4.15. The lowest BCUT2D eigenvalue weighted by Gasteiger charge is -2.18. The third kappa shape index (κ3) is 3.19. The monoisotopic (exact) mass is 336 g/mol. The fraction of sp³-hybridized carbons (Fsp3) is 0.333. The van der Waals surface area contributed by atoms with Crippen molar-refractivity contribution in [3.05, 3.63) is 50.1 Å². The summed E-state index contributed by atoms with van der Waals surface area (Å²) in [4.78, 5) is 1.36. The van der Waals surface area contributed by atoms with E-state index in [0.717, 1.165) is 19.6 Å². The number of rotatable bonds is 4. The molecule has 2 aromatic rings. The molecule has 2 nitrogen and oxygen atoms in total. The number of fused-ring (bicyclic) bond motifs is 1. The predicted octanol–water partition coefficient (Wildman–Crippen LogP) is 4.16. The Kier molecular flexibility index (Phi) is 4.21. The van der Waals surface area contributed by atoms with Crippen molar-refractivity contribution in [3.8, 4) is 0 Å². The molecular weight excluding hydrogens is 320 g/mol. The topological polar surface area (TPSA) is 24.1 Å². The van der Waals surface area contributed by atoms with E-state index < -0.39 is 0 Å². The molecule has 1 aliphatic heterocycles. The van der Waals surface area contributed by atoms with Crippen LogP contribution in [0.4, 0.5) is 5.69 Å². The Balaban J connectivity index is 1.59. The van der Waals surface area contributed by atoms with Gasteiger partial charge in [0, 0.05) is 34.7 Å². The maximum Gasteiger partial charge on any atom is 0.0372 e. The van der Waals surface area contributed by atoms with E-state index in [1.807, 2.05) is 0 Å². The van der Waals surface area contributed by atoms with Crippen molar-refractivity contribution in [2.24, 2.45) is 0 Å². The first-order valence-corrected chi connectivity index (χ1v) is 8.28. The van der Waals surface area contributed by atoms with Crippen LogP contribution < -0.4 is 10.6 Å². The predicted molar refractivity (Wildman–Crippen MR) is 85.8 cm³/mol. The SMILES string of the molecule is Brc1ccsc1CNCc1ccc2c(c1)CCCN2. The van der Waals surface area contributed by atoms with Gasteiger partial charge in [-0.2, -0.15) is 0 Å². The molecule has 2 heterocycles. The second kappa shape index (κ2) is 6.07. The number of aryl methyl sites for hydroxylation is 1. The van der Waals surface area contributed by atoms with Gasteiger partial charge >= 0.3 is 0 Å². The van der Waals surface area contributed by atoms with E-state index in [9.17, 15) is 0 Å². The lowest BCUT2D eigenvalue weighted by atomic mass is 10.0. The zero-order valence-electron chi connectivity index (χ0n) is 10.7. The van der Waals surface area contributed by atoms with Gasteiger partial charge in [0.1, 0.15) is 0 Å². The molecule has 100 valence electrons. The standard InChI is InChI=1S/C15H17BrN2S/c16-13-5-7-19-15(13)10-17-9-11-3-4-14-12(8-11)2-1-6-18-14/h3-5,7-8,17-18H,1-2,6,9-10H2. The van der Waals surface area contributed by atoms with Gasteiger partial charge in [-0.1, -0.05) is 12.1 Å². The molecule has 4 heteroatoms. The second-order valence-corrected chi connectivity index (χ2v) is 6.67. The van der Waals surface area contributed by atoms with Crippen molar-refractivity contribution >= 4 is 33.0 Å². The Bertz CT molecular complexity index is 565. The highest BCUT2D eigenvalue weighted by molar-refractivity contribution is 9.10. The number of hydrogen-bond donors (Lipinski definition) is 2. The van der Waals surface area contributed by atoms with E-state index >= 15 is 0 Å². The molecule has 3 rings (SSSR count). The van der Waals surface area contributed by atoms with Gasteiger partial charge in [0.2, 0.25) is 0 Å². The Labute approximate surface area is 126 Å². The summed E-state index contributed by atoms with van der Waals surface area (Å²) in [6, 6.07) is 8.87. The highest BCUT2D eigenvalue weighted by Crippen LogP contribution is 2.24. The second-order valence-electron chi connectivity index (χ2n) is 4.82. The van der Waals surface area contributed by atoms with Crippen LogP contribution in [0.2, 0.25) is 0 Å². The normalized spacial score (nSPS) is 13.9. The molecule has 0 atom stereocenters. The van der Waals surface area contributed by atoms with Crippen molar-refractivity contribution in [1.82, 2.24) is 5.32 Å². The molecule has 0 amide bonds. The van der Waals surface area contributed by atoms with Crippen molar-refractivity contribution in [3.63, 3.8) is 0 Å². The quantitative estimate of drug-likeness (QED) is 0.875. The molecule has 1 aromatic carbocycles. The zero-order valence-corrected chi connectivity index (χ0v) is 13.1. The average Bonchev–Trinajstić information content (AvgIpc) is 2.84. The fourth-order valence-corrected chi connectivity index (χ4v) is 3.87. The van der Waals surface area contributed by atoms with Gasteiger partial charge in [0.05, 0.1) is 0 Å². The number of anilines is 1. The summed E-state index contributed by atoms with van der Waals surface area (Å²) >= 11 is 5.35. The summed E-state index contributed by atoms with van der Waals surface area (Å²) in [5.74, 6) is 0. The molecule has 0 spiro atoms. The van der Waals surface area contributed by atoms with Crippen LogP contribution in [0.25, 0.3) is 0 Å². The highest BCUT2D eigenvalue weighted by atomic mass is 79.9. The molecule has 0 radical (unpaired) electrons. The minimum Gasteiger partial charge on any atom is -0.385 e. The van der Waals surface area contributed by atoms with Crippen LogP contribution in [-0.2, 0) is 19.5 Å². The Morgan fingerprint density at radius 3 is 3.05 bits per heavy atom. The van der Waals surface area contributed by atoms with E-state index in [0.29, 0.717) is 0 Å². The number of halogens is 1. The lowest BCUT2D eigenvalue weighted by molar-refractivity contribution is 0.697. The summed E-state index contributed by atoms with van der Waals surface area (Å²) in [6.45, 7) is 2.96. The Morgan fingerprint density at radius 2 is 2.21 bits per heavy atom. The van der Waals surface area contributed by atoms with Crippen molar-refractivity contribution < 1.29 is 0 Å². The molecule has 2 N–H and O–H groups in total. The number of benzene rings is 1. The molecule has 1 aliphatic rings. The van der Waals surface area contributed by atoms with Gasteiger partial charge in [-0.05, 0) is 57.4 Å². The first-order valence-electron chi connectivity index (χ1n) is 6.61. The van der Waals surface area contributed by atoms with Crippen LogP contribution in [0.3, 0.4) is 0 Å². The Hall–Kier alpha value is -0.840. The van der Waals surface area contributed by atoms with E-state index in [1.165, 1.54) is 39.0 Å². The largest absolute Gasteiger partial charge is 0.385 e. The number of thiophene rings is 1. The zero-order chi connectivity index (χ0) is 13.1. The molecular formula is C15H17BrN2S. The summed E-state index contributed by atoms with van der Waals surface area (Å²) in [5, 5.41) is 9.08. The average molecular weight is 337 g/mol. The van der Waals surface area contributed by atoms with Gasteiger partial charge in [0.15, 0.2) is 0 Å². The van der Waals surface area contributed by atoms with Crippen LogP contribution in [0.5, 0.6) is 0 Å². The van der Waals surface area contributed by atoms with Crippen LogP contribution in [0.1, 0.15) is 22.4 Å². The van der Waals surface area contributed by atoms with E-state index in [4.69, 9.17) is 0 Å². The summed E-state index contributed by atoms with van der Waals surface area (Å²) in [7, 11) is 0. The van der Waals surface area contributed by atoms with Crippen molar-refractivity contribution in [2.75, 3.05) is 11.9 Å². The molecule has 0 saturated heterocycles. The van der Waals surface area contributed by atoms with Crippen LogP contribution >= 0.6 is 27.3 Å². The smallest absolute Gasteiger partial charge is 0.0372 e. The minimum atomic E-state index is 0.924. The first-order chi connectivity index (χ1) is 9.33. The fourth-order valence-electron chi connectivity index (χ4n) is 2.41. The third-order valence-electron chi connectivity index (χ3n) is 3.41. The molecule has 0 fully saturated rings. The molecule has 0 aliphatic carbocycles. The summed E-state index contributed by atoms with van der Waals surface area (Å²) < 4.78 is 1.21. The van der Waals surface area contributed by atoms with E-state index in [2.05, 4.69) is 56.2 Å². The molecule has 19 heavy (non-hydrogen) atoms. The molecule has 1 aromatic heterocycles. The molecule has 0 saturated carbocycles.